The summed E-state index contributed by atoms with van der Waals surface area (Å²) in [7, 11) is 1.75. The number of benzene rings is 1. The van der Waals surface area contributed by atoms with E-state index in [1.807, 2.05) is 37.3 Å². The average Bonchev–Trinajstić information content (AvgIpc) is 3.05. The molecule has 0 saturated heterocycles. The van der Waals surface area contributed by atoms with Gasteiger partial charge in [-0.25, -0.2) is 9.78 Å². The van der Waals surface area contributed by atoms with E-state index in [-0.39, 0.29) is 11.8 Å². The normalized spacial score (nSPS) is 15.7. The number of nitrogens with zero attached hydrogens (tertiary/aromatic N) is 2. The third kappa shape index (κ3) is 6.35. The molecule has 3 heterocycles. The maximum atomic E-state index is 12.8. The summed E-state index contributed by atoms with van der Waals surface area (Å²) in [6.07, 6.45) is 5.07. The number of carbonyl (C=O) groups is 3. The van der Waals surface area contributed by atoms with Crippen molar-refractivity contribution in [3.8, 4) is 0 Å². The largest absolute Gasteiger partial charge is 0.461 e. The van der Waals surface area contributed by atoms with Crippen LogP contribution in [0.4, 0.5) is 10.6 Å². The SMILES string of the molecule is Cc1oc2ccccc2c1CN(C)C(=O)/C=C/c1cnc2c(c1)CC[C@H](NC(=O)OC(C)(C)C)C(=O)N2. The summed E-state index contributed by atoms with van der Waals surface area (Å²) in [6, 6.07) is 8.92. The zero-order valence-corrected chi connectivity index (χ0v) is 21.8. The highest BCUT2D eigenvalue weighted by Gasteiger charge is 2.28. The van der Waals surface area contributed by atoms with E-state index in [9.17, 15) is 14.4 Å². The summed E-state index contributed by atoms with van der Waals surface area (Å²) in [5.74, 6) is 0.733. The van der Waals surface area contributed by atoms with Crippen LogP contribution in [0, 0.1) is 6.92 Å². The van der Waals surface area contributed by atoms with E-state index >= 15 is 0 Å². The number of furan rings is 1. The first-order valence-electron chi connectivity index (χ1n) is 12.2. The number of anilines is 1. The topological polar surface area (TPSA) is 114 Å². The van der Waals surface area contributed by atoms with Crippen molar-refractivity contribution in [3.05, 3.63) is 65.1 Å². The summed E-state index contributed by atoms with van der Waals surface area (Å²) in [4.78, 5) is 43.5. The lowest BCUT2D eigenvalue weighted by molar-refractivity contribution is -0.125. The Kier molecular flexibility index (Phi) is 7.33. The maximum absolute atomic E-state index is 12.8. The van der Waals surface area contributed by atoms with Crippen molar-refractivity contribution < 1.29 is 23.5 Å². The van der Waals surface area contributed by atoms with Crippen molar-refractivity contribution in [1.29, 1.82) is 0 Å². The van der Waals surface area contributed by atoms with E-state index < -0.39 is 17.7 Å². The second-order valence-electron chi connectivity index (χ2n) is 10.2. The van der Waals surface area contributed by atoms with Gasteiger partial charge in [0.1, 0.15) is 28.8 Å². The molecule has 0 aliphatic carbocycles. The molecule has 1 aliphatic rings. The molecule has 194 valence electrons. The second kappa shape index (κ2) is 10.5. The van der Waals surface area contributed by atoms with Crippen LogP contribution in [-0.4, -0.2) is 46.5 Å². The smallest absolute Gasteiger partial charge is 0.408 e. The summed E-state index contributed by atoms with van der Waals surface area (Å²) in [5.41, 5.74) is 2.69. The zero-order chi connectivity index (χ0) is 26.7. The van der Waals surface area contributed by atoms with Crippen molar-refractivity contribution in [2.24, 2.45) is 0 Å². The molecular formula is C28H32N4O5. The number of fused-ring (bicyclic) bond motifs is 2. The van der Waals surface area contributed by atoms with Crippen molar-refractivity contribution in [2.45, 2.75) is 58.7 Å². The van der Waals surface area contributed by atoms with Crippen LogP contribution in [0.3, 0.4) is 0 Å². The number of amides is 3. The molecule has 0 bridgehead atoms. The van der Waals surface area contributed by atoms with Crippen LogP contribution in [0.25, 0.3) is 17.0 Å². The van der Waals surface area contributed by atoms with E-state index in [4.69, 9.17) is 9.15 Å². The van der Waals surface area contributed by atoms with Gasteiger partial charge in [0, 0.05) is 36.8 Å². The molecule has 1 atom stereocenters. The minimum absolute atomic E-state index is 0.158. The third-order valence-corrected chi connectivity index (χ3v) is 6.03. The number of likely N-dealkylation sites (N-methyl/N-ethyl adjacent to an activating group) is 1. The summed E-state index contributed by atoms with van der Waals surface area (Å²) in [5, 5.41) is 6.40. The number of rotatable bonds is 5. The van der Waals surface area contributed by atoms with Gasteiger partial charge in [-0.05, 0) is 69.9 Å². The number of alkyl carbamates (subject to hydrolysis) is 1. The maximum Gasteiger partial charge on any atom is 0.408 e. The zero-order valence-electron chi connectivity index (χ0n) is 21.8. The lowest BCUT2D eigenvalue weighted by Gasteiger charge is -2.22. The number of hydrogen-bond acceptors (Lipinski definition) is 6. The number of nitrogens with one attached hydrogen (secondary N) is 2. The van der Waals surface area contributed by atoms with Crippen molar-refractivity contribution in [3.63, 3.8) is 0 Å². The van der Waals surface area contributed by atoms with Crippen LogP contribution in [0.2, 0.25) is 0 Å². The van der Waals surface area contributed by atoms with Crippen LogP contribution in [0.5, 0.6) is 0 Å². The number of hydrogen-bond donors (Lipinski definition) is 2. The minimum Gasteiger partial charge on any atom is -0.461 e. The number of para-hydroxylation sites is 1. The van der Waals surface area contributed by atoms with E-state index in [0.29, 0.717) is 25.2 Å². The highest BCUT2D eigenvalue weighted by atomic mass is 16.6. The molecule has 2 N–H and O–H groups in total. The molecule has 9 nitrogen and oxygen atoms in total. The number of carbonyl (C=O) groups excluding carboxylic acids is 3. The predicted molar refractivity (Wildman–Crippen MR) is 141 cm³/mol. The molecular weight excluding hydrogens is 472 g/mol. The summed E-state index contributed by atoms with van der Waals surface area (Å²) in [6.45, 7) is 7.61. The molecule has 0 radical (unpaired) electrons. The summed E-state index contributed by atoms with van der Waals surface area (Å²) >= 11 is 0. The Morgan fingerprint density at radius 3 is 2.81 bits per heavy atom. The molecule has 0 saturated carbocycles. The lowest BCUT2D eigenvalue weighted by atomic mass is 10.1. The Hall–Kier alpha value is -4.14. The average molecular weight is 505 g/mol. The van der Waals surface area contributed by atoms with E-state index in [1.54, 1.807) is 45.0 Å². The molecule has 1 aliphatic heterocycles. The number of aromatic nitrogens is 1. The van der Waals surface area contributed by atoms with Crippen LogP contribution in [-0.2, 0) is 27.3 Å². The molecule has 3 aromatic rings. The fraction of sp³-hybridized carbons (Fsp3) is 0.357. The van der Waals surface area contributed by atoms with Crippen LogP contribution in [0.1, 0.15) is 49.6 Å². The molecule has 4 rings (SSSR count). The standard InChI is InChI=1S/C28H32N4O5/c1-17-21(20-8-6-7-9-23(20)36-17)16-32(5)24(33)13-10-18-14-19-11-12-22(26(34)31-25(19)29-15-18)30-27(35)37-28(2,3)4/h6-10,13-15,22H,11-12,16H2,1-5H3,(H,30,35)(H,29,31,34)/b13-10+/t22-/m0/s1. The molecule has 37 heavy (non-hydrogen) atoms. The molecule has 0 fully saturated rings. The minimum atomic E-state index is -0.735. The Morgan fingerprint density at radius 1 is 1.30 bits per heavy atom. The van der Waals surface area contributed by atoms with E-state index in [1.165, 1.54) is 6.08 Å². The number of ether oxygens (including phenoxy) is 1. The van der Waals surface area contributed by atoms with Crippen LogP contribution in [0.15, 0.2) is 47.0 Å². The van der Waals surface area contributed by atoms with Gasteiger partial charge in [-0.3, -0.25) is 9.59 Å². The fourth-order valence-corrected chi connectivity index (χ4v) is 4.17. The van der Waals surface area contributed by atoms with Crippen molar-refractivity contribution >= 4 is 40.8 Å². The van der Waals surface area contributed by atoms with Crippen LogP contribution >= 0.6 is 0 Å². The van der Waals surface area contributed by atoms with Gasteiger partial charge in [0.15, 0.2) is 0 Å². The first-order valence-corrected chi connectivity index (χ1v) is 12.2. The van der Waals surface area contributed by atoms with Gasteiger partial charge < -0.3 is 24.7 Å². The lowest BCUT2D eigenvalue weighted by Crippen LogP contribution is -2.45. The first-order chi connectivity index (χ1) is 17.5. The van der Waals surface area contributed by atoms with Gasteiger partial charge in [-0.1, -0.05) is 18.2 Å². The summed E-state index contributed by atoms with van der Waals surface area (Å²) < 4.78 is 11.1. The monoisotopic (exact) mass is 504 g/mol. The quantitative estimate of drug-likeness (QED) is 0.492. The van der Waals surface area contributed by atoms with Gasteiger partial charge in [0.2, 0.25) is 11.8 Å². The van der Waals surface area contributed by atoms with Crippen molar-refractivity contribution in [1.82, 2.24) is 15.2 Å². The molecule has 0 spiro atoms. The number of aryl methyl sites for hydroxylation is 2. The van der Waals surface area contributed by atoms with Gasteiger partial charge in [0.25, 0.3) is 0 Å². The van der Waals surface area contributed by atoms with Gasteiger partial charge in [-0.15, -0.1) is 0 Å². The highest BCUT2D eigenvalue weighted by molar-refractivity contribution is 5.97. The Morgan fingerprint density at radius 2 is 2.05 bits per heavy atom. The molecule has 2 aromatic heterocycles. The van der Waals surface area contributed by atoms with Gasteiger partial charge in [0.05, 0.1) is 0 Å². The highest BCUT2D eigenvalue weighted by Crippen LogP contribution is 2.26. The Bertz CT molecular complexity index is 1370. The number of pyridine rings is 1. The third-order valence-electron chi connectivity index (χ3n) is 6.03. The van der Waals surface area contributed by atoms with Gasteiger partial charge in [-0.2, -0.15) is 0 Å². The Balaban J connectivity index is 1.40. The van der Waals surface area contributed by atoms with Crippen molar-refractivity contribution in [2.75, 3.05) is 12.4 Å². The molecule has 3 amide bonds. The first kappa shape index (κ1) is 25.9. The van der Waals surface area contributed by atoms with E-state index in [0.717, 1.165) is 33.4 Å². The van der Waals surface area contributed by atoms with E-state index in [2.05, 4.69) is 15.6 Å². The van der Waals surface area contributed by atoms with Crippen LogP contribution < -0.4 is 10.6 Å². The molecule has 9 heteroatoms. The fourth-order valence-electron chi connectivity index (χ4n) is 4.17. The molecule has 1 aromatic carbocycles. The Labute approximate surface area is 215 Å². The van der Waals surface area contributed by atoms with Gasteiger partial charge >= 0.3 is 6.09 Å². The molecule has 0 unspecified atom stereocenters. The second-order valence-corrected chi connectivity index (χ2v) is 10.2. The predicted octanol–water partition coefficient (Wildman–Crippen LogP) is 4.59.